The first-order valence-electron chi connectivity index (χ1n) is 7.70. The third kappa shape index (κ3) is 2.51. The van der Waals surface area contributed by atoms with Crippen molar-refractivity contribution in [2.45, 2.75) is 32.1 Å². The summed E-state index contributed by atoms with van der Waals surface area (Å²) in [6, 6.07) is 1.82. The SMILES string of the molecule is CNc1cnccc1C(=O)N1CCC2CCCCC2C1. The summed E-state index contributed by atoms with van der Waals surface area (Å²) in [5.41, 5.74) is 1.57. The number of pyridine rings is 1. The molecule has 3 rings (SSSR count). The highest BCUT2D eigenvalue weighted by molar-refractivity contribution is 5.99. The Morgan fingerprint density at radius 3 is 2.90 bits per heavy atom. The van der Waals surface area contributed by atoms with Crippen molar-refractivity contribution in [1.29, 1.82) is 0 Å². The largest absolute Gasteiger partial charge is 0.386 e. The van der Waals surface area contributed by atoms with Crippen LogP contribution in [0.15, 0.2) is 18.5 Å². The van der Waals surface area contributed by atoms with Gasteiger partial charge in [-0.2, -0.15) is 0 Å². The van der Waals surface area contributed by atoms with Crippen LogP contribution in [0.1, 0.15) is 42.5 Å². The minimum Gasteiger partial charge on any atom is -0.386 e. The van der Waals surface area contributed by atoms with E-state index in [4.69, 9.17) is 0 Å². The van der Waals surface area contributed by atoms with Gasteiger partial charge in [0.05, 0.1) is 17.4 Å². The highest BCUT2D eigenvalue weighted by Gasteiger charge is 2.33. The van der Waals surface area contributed by atoms with Crippen LogP contribution in [0, 0.1) is 11.8 Å². The third-order valence-corrected chi connectivity index (χ3v) is 4.90. The fraction of sp³-hybridized carbons (Fsp3) is 0.625. The lowest BCUT2D eigenvalue weighted by atomic mass is 9.75. The van der Waals surface area contributed by atoms with Crippen LogP contribution in [0.25, 0.3) is 0 Å². The molecule has 108 valence electrons. The van der Waals surface area contributed by atoms with E-state index >= 15 is 0 Å². The van der Waals surface area contributed by atoms with Gasteiger partial charge in [0.1, 0.15) is 0 Å². The Hall–Kier alpha value is -1.58. The van der Waals surface area contributed by atoms with Crippen molar-refractivity contribution in [3.8, 4) is 0 Å². The number of rotatable bonds is 2. The number of piperidine rings is 1. The molecule has 2 heterocycles. The van der Waals surface area contributed by atoms with Crippen LogP contribution >= 0.6 is 0 Å². The second kappa shape index (κ2) is 5.81. The van der Waals surface area contributed by atoms with Crippen molar-refractivity contribution in [3.63, 3.8) is 0 Å². The van der Waals surface area contributed by atoms with Gasteiger partial charge in [-0.25, -0.2) is 0 Å². The molecule has 1 aromatic rings. The van der Waals surface area contributed by atoms with Crippen molar-refractivity contribution in [1.82, 2.24) is 9.88 Å². The highest BCUT2D eigenvalue weighted by atomic mass is 16.2. The first-order chi connectivity index (χ1) is 9.79. The third-order valence-electron chi connectivity index (χ3n) is 4.90. The molecular formula is C16H23N3O. The predicted octanol–water partition coefficient (Wildman–Crippen LogP) is 2.78. The molecule has 1 saturated heterocycles. The van der Waals surface area contributed by atoms with Gasteiger partial charge in [0.15, 0.2) is 0 Å². The topological polar surface area (TPSA) is 45.2 Å². The predicted molar refractivity (Wildman–Crippen MR) is 79.8 cm³/mol. The normalized spacial score (nSPS) is 25.9. The maximum absolute atomic E-state index is 12.7. The van der Waals surface area contributed by atoms with Gasteiger partial charge in [-0.1, -0.05) is 19.3 Å². The second-order valence-electron chi connectivity index (χ2n) is 6.02. The molecule has 0 bridgehead atoms. The Bertz CT molecular complexity index is 488. The van der Waals surface area contributed by atoms with Gasteiger partial charge in [-0.15, -0.1) is 0 Å². The molecule has 0 spiro atoms. The Morgan fingerprint density at radius 1 is 1.30 bits per heavy atom. The first kappa shape index (κ1) is 13.4. The Balaban J connectivity index is 1.74. The number of nitrogens with zero attached hydrogens (tertiary/aromatic N) is 2. The van der Waals surface area contributed by atoms with Crippen LogP contribution < -0.4 is 5.32 Å². The molecule has 1 amide bonds. The lowest BCUT2D eigenvalue weighted by molar-refractivity contribution is 0.0521. The van der Waals surface area contributed by atoms with Crippen LogP contribution in [0.3, 0.4) is 0 Å². The summed E-state index contributed by atoms with van der Waals surface area (Å²) in [7, 11) is 1.83. The Labute approximate surface area is 120 Å². The molecule has 1 saturated carbocycles. The zero-order valence-corrected chi connectivity index (χ0v) is 12.1. The first-order valence-corrected chi connectivity index (χ1v) is 7.70. The van der Waals surface area contributed by atoms with E-state index in [1.54, 1.807) is 12.4 Å². The molecule has 4 heteroatoms. The van der Waals surface area contributed by atoms with Gasteiger partial charge in [0.25, 0.3) is 5.91 Å². The lowest BCUT2D eigenvalue weighted by Gasteiger charge is -2.41. The number of aromatic nitrogens is 1. The van der Waals surface area contributed by atoms with Gasteiger partial charge >= 0.3 is 0 Å². The number of carbonyl (C=O) groups is 1. The smallest absolute Gasteiger partial charge is 0.256 e. The molecule has 1 aliphatic heterocycles. The van der Waals surface area contributed by atoms with Crippen LogP contribution in [0.2, 0.25) is 0 Å². The van der Waals surface area contributed by atoms with Gasteiger partial charge in [0.2, 0.25) is 0 Å². The van der Waals surface area contributed by atoms with Crippen molar-refractivity contribution >= 4 is 11.6 Å². The molecule has 2 atom stereocenters. The number of hydrogen-bond acceptors (Lipinski definition) is 3. The summed E-state index contributed by atoms with van der Waals surface area (Å²) in [6.07, 6.45) is 9.97. The van der Waals surface area contributed by atoms with E-state index in [0.29, 0.717) is 0 Å². The summed E-state index contributed by atoms with van der Waals surface area (Å²) in [5.74, 6) is 1.73. The number of fused-ring (bicyclic) bond motifs is 1. The second-order valence-corrected chi connectivity index (χ2v) is 6.02. The van der Waals surface area contributed by atoms with Crippen molar-refractivity contribution in [2.75, 3.05) is 25.5 Å². The maximum Gasteiger partial charge on any atom is 0.256 e. The number of likely N-dealkylation sites (tertiary alicyclic amines) is 1. The molecule has 0 radical (unpaired) electrons. The van der Waals surface area contributed by atoms with E-state index in [-0.39, 0.29) is 5.91 Å². The Morgan fingerprint density at radius 2 is 2.10 bits per heavy atom. The molecule has 2 unspecified atom stereocenters. The summed E-state index contributed by atoms with van der Waals surface area (Å²) in [5, 5.41) is 3.06. The molecule has 20 heavy (non-hydrogen) atoms. The van der Waals surface area contributed by atoms with Crippen LogP contribution in [-0.4, -0.2) is 35.9 Å². The van der Waals surface area contributed by atoms with E-state index in [1.807, 2.05) is 18.0 Å². The number of carbonyl (C=O) groups excluding carboxylic acids is 1. The molecule has 1 aliphatic carbocycles. The fourth-order valence-electron chi connectivity index (χ4n) is 3.74. The average molecular weight is 273 g/mol. The summed E-state index contributed by atoms with van der Waals surface area (Å²) in [4.78, 5) is 18.8. The van der Waals surface area contributed by atoms with Crippen LogP contribution in [-0.2, 0) is 0 Å². The van der Waals surface area contributed by atoms with Crippen molar-refractivity contribution < 1.29 is 4.79 Å². The quantitative estimate of drug-likeness (QED) is 0.901. The number of hydrogen-bond donors (Lipinski definition) is 1. The Kier molecular flexibility index (Phi) is 3.90. The summed E-state index contributed by atoms with van der Waals surface area (Å²) in [6.45, 7) is 1.85. The van der Waals surface area contributed by atoms with E-state index in [9.17, 15) is 4.79 Å². The van der Waals surface area contributed by atoms with Crippen LogP contribution in [0.5, 0.6) is 0 Å². The molecule has 4 nitrogen and oxygen atoms in total. The summed E-state index contributed by atoms with van der Waals surface area (Å²) < 4.78 is 0. The number of anilines is 1. The van der Waals surface area contributed by atoms with E-state index < -0.39 is 0 Å². The van der Waals surface area contributed by atoms with E-state index in [0.717, 1.165) is 36.2 Å². The minimum absolute atomic E-state index is 0.153. The molecule has 1 N–H and O–H groups in total. The maximum atomic E-state index is 12.7. The molecule has 2 fully saturated rings. The zero-order valence-electron chi connectivity index (χ0n) is 12.1. The zero-order chi connectivity index (χ0) is 13.9. The molecule has 0 aromatic carbocycles. The lowest BCUT2D eigenvalue weighted by Crippen LogP contribution is -2.44. The van der Waals surface area contributed by atoms with Crippen molar-refractivity contribution in [3.05, 3.63) is 24.0 Å². The van der Waals surface area contributed by atoms with Gasteiger partial charge in [-0.3, -0.25) is 9.78 Å². The molecular weight excluding hydrogens is 250 g/mol. The fourth-order valence-corrected chi connectivity index (χ4v) is 3.74. The number of nitrogens with one attached hydrogen (secondary N) is 1. The standard InChI is InChI=1S/C16H23N3O/c1-17-15-10-18-8-6-14(15)16(20)19-9-7-12-4-2-3-5-13(12)11-19/h6,8,10,12-13,17H,2-5,7,9,11H2,1H3. The average Bonchev–Trinajstić information content (AvgIpc) is 2.53. The van der Waals surface area contributed by atoms with Crippen LogP contribution in [0.4, 0.5) is 5.69 Å². The molecule has 1 aromatic heterocycles. The van der Waals surface area contributed by atoms with Gasteiger partial charge in [0, 0.05) is 26.3 Å². The van der Waals surface area contributed by atoms with E-state index in [1.165, 1.54) is 32.1 Å². The molecule has 2 aliphatic rings. The monoisotopic (exact) mass is 273 g/mol. The van der Waals surface area contributed by atoms with Gasteiger partial charge in [-0.05, 0) is 30.7 Å². The van der Waals surface area contributed by atoms with Crippen molar-refractivity contribution in [2.24, 2.45) is 11.8 Å². The summed E-state index contributed by atoms with van der Waals surface area (Å²) >= 11 is 0. The number of amides is 1. The minimum atomic E-state index is 0.153. The van der Waals surface area contributed by atoms with Gasteiger partial charge < -0.3 is 10.2 Å². The highest BCUT2D eigenvalue weighted by Crippen LogP contribution is 2.36. The van der Waals surface area contributed by atoms with E-state index in [2.05, 4.69) is 10.3 Å².